The lowest BCUT2D eigenvalue weighted by Gasteiger charge is -2.32. The number of nitrogens with zero attached hydrogens (tertiary/aromatic N) is 1. The Hall–Kier alpha value is -1.23. The summed E-state index contributed by atoms with van der Waals surface area (Å²) in [5.74, 6) is -0.0505. The molecule has 0 bridgehead atoms. The second-order valence-corrected chi connectivity index (χ2v) is 5.71. The molecule has 22 heavy (non-hydrogen) atoms. The molecular weight excluding hydrogens is 291 g/mol. The average Bonchev–Trinajstić information content (AvgIpc) is 2.49. The molecule has 0 atom stereocenters. The van der Waals surface area contributed by atoms with Gasteiger partial charge in [0.1, 0.15) is 11.9 Å². The van der Waals surface area contributed by atoms with Gasteiger partial charge in [0, 0.05) is 13.1 Å². The van der Waals surface area contributed by atoms with Crippen LogP contribution in [0.3, 0.4) is 0 Å². The molecule has 2 nitrogen and oxygen atoms in total. The Bertz CT molecular complexity index is 453. The maximum atomic E-state index is 12.9. The van der Waals surface area contributed by atoms with Gasteiger partial charge < -0.3 is 9.64 Å². The first-order valence-corrected chi connectivity index (χ1v) is 7.85. The van der Waals surface area contributed by atoms with Crippen molar-refractivity contribution in [2.45, 2.75) is 44.4 Å². The van der Waals surface area contributed by atoms with Crippen molar-refractivity contribution in [3.63, 3.8) is 0 Å². The van der Waals surface area contributed by atoms with E-state index in [0.29, 0.717) is 0 Å². The van der Waals surface area contributed by atoms with Gasteiger partial charge in [0.05, 0.1) is 5.56 Å². The lowest BCUT2D eigenvalue weighted by atomic mass is 10.1. The minimum Gasteiger partial charge on any atom is -0.490 e. The first-order valence-electron chi connectivity index (χ1n) is 7.85. The van der Waals surface area contributed by atoms with Crippen molar-refractivity contribution in [1.82, 2.24) is 4.90 Å². The molecular formula is C17H23F3NO. The van der Waals surface area contributed by atoms with Gasteiger partial charge in [0.2, 0.25) is 0 Å². The van der Waals surface area contributed by atoms with Crippen LogP contribution >= 0.6 is 0 Å². The summed E-state index contributed by atoms with van der Waals surface area (Å²) < 4.78 is 44.5. The zero-order valence-corrected chi connectivity index (χ0v) is 12.7. The van der Waals surface area contributed by atoms with Crippen LogP contribution in [-0.2, 0) is 6.18 Å². The summed E-state index contributed by atoms with van der Waals surface area (Å²) in [7, 11) is 0. The Labute approximate surface area is 130 Å². The fourth-order valence-electron chi connectivity index (χ4n) is 2.75. The molecule has 1 heterocycles. The Balaban J connectivity index is 1.86. The molecule has 1 radical (unpaired) electrons. The van der Waals surface area contributed by atoms with Crippen molar-refractivity contribution >= 4 is 0 Å². The van der Waals surface area contributed by atoms with E-state index < -0.39 is 11.7 Å². The fourth-order valence-corrected chi connectivity index (χ4v) is 2.75. The highest BCUT2D eigenvalue weighted by Gasteiger charge is 2.34. The van der Waals surface area contributed by atoms with E-state index in [0.717, 1.165) is 57.8 Å². The van der Waals surface area contributed by atoms with E-state index >= 15 is 0 Å². The van der Waals surface area contributed by atoms with Gasteiger partial charge in [0.25, 0.3) is 0 Å². The molecule has 2 rings (SSSR count). The molecule has 1 aliphatic rings. The zero-order chi connectivity index (χ0) is 16.0. The monoisotopic (exact) mass is 314 g/mol. The summed E-state index contributed by atoms with van der Waals surface area (Å²) in [5, 5.41) is 0. The Morgan fingerprint density at radius 1 is 1.14 bits per heavy atom. The highest BCUT2D eigenvalue weighted by molar-refractivity contribution is 5.35. The lowest BCUT2D eigenvalue weighted by molar-refractivity contribution is -0.139. The van der Waals surface area contributed by atoms with Gasteiger partial charge >= 0.3 is 6.18 Å². The summed E-state index contributed by atoms with van der Waals surface area (Å²) in [5.41, 5.74) is -0.687. The third-order valence-electron chi connectivity index (χ3n) is 4.00. The van der Waals surface area contributed by atoms with Crippen LogP contribution < -0.4 is 4.74 Å². The standard InChI is InChI=1S/C17H23F3NO/c1-2-3-6-11-21-12-9-14(10-13-21)22-16-8-5-4-7-15(16)17(18,19)20/h4-5,7-8,14H,1-3,6,9-13H2. The molecule has 1 aromatic carbocycles. The van der Waals surface area contributed by atoms with Crippen molar-refractivity contribution in [3.8, 4) is 5.75 Å². The predicted molar refractivity (Wildman–Crippen MR) is 80.7 cm³/mol. The van der Waals surface area contributed by atoms with Crippen molar-refractivity contribution < 1.29 is 17.9 Å². The number of hydrogen-bond acceptors (Lipinski definition) is 2. The number of ether oxygens (including phenoxy) is 1. The number of likely N-dealkylation sites (tertiary alicyclic amines) is 1. The van der Waals surface area contributed by atoms with Crippen LogP contribution in [0.25, 0.3) is 0 Å². The largest absolute Gasteiger partial charge is 0.490 e. The summed E-state index contributed by atoms with van der Waals surface area (Å²) >= 11 is 0. The molecule has 0 unspecified atom stereocenters. The van der Waals surface area contributed by atoms with E-state index in [1.807, 2.05) is 0 Å². The van der Waals surface area contributed by atoms with Crippen molar-refractivity contribution in [2.24, 2.45) is 0 Å². The SMILES string of the molecule is [CH2]CCCCN1CCC(Oc2ccccc2C(F)(F)F)CC1. The van der Waals surface area contributed by atoms with Gasteiger partial charge in [-0.1, -0.05) is 31.9 Å². The van der Waals surface area contributed by atoms with Crippen molar-refractivity contribution in [1.29, 1.82) is 0 Å². The number of alkyl halides is 3. The molecule has 0 N–H and O–H groups in total. The number of piperidine rings is 1. The fraction of sp³-hybridized carbons (Fsp3) is 0.588. The smallest absolute Gasteiger partial charge is 0.419 e. The van der Waals surface area contributed by atoms with Crippen LogP contribution in [0.5, 0.6) is 5.75 Å². The quantitative estimate of drug-likeness (QED) is 0.714. The van der Waals surface area contributed by atoms with Gasteiger partial charge in [0.15, 0.2) is 0 Å². The first-order chi connectivity index (χ1) is 10.5. The number of hydrogen-bond donors (Lipinski definition) is 0. The van der Waals surface area contributed by atoms with E-state index in [1.165, 1.54) is 12.1 Å². The molecule has 1 aliphatic heterocycles. The molecule has 0 saturated carbocycles. The summed E-state index contributed by atoms with van der Waals surface area (Å²) in [6.45, 7) is 6.64. The van der Waals surface area contributed by atoms with Gasteiger partial charge in [-0.2, -0.15) is 13.2 Å². The van der Waals surface area contributed by atoms with E-state index in [9.17, 15) is 13.2 Å². The van der Waals surface area contributed by atoms with E-state index in [1.54, 1.807) is 6.07 Å². The van der Waals surface area contributed by atoms with Crippen LogP contribution in [0.15, 0.2) is 24.3 Å². The van der Waals surface area contributed by atoms with Crippen LogP contribution in [0.2, 0.25) is 0 Å². The van der Waals surface area contributed by atoms with E-state index in [4.69, 9.17) is 4.74 Å². The minimum absolute atomic E-state index is 0.0505. The van der Waals surface area contributed by atoms with Gasteiger partial charge in [-0.25, -0.2) is 0 Å². The number of rotatable bonds is 6. The second kappa shape index (κ2) is 7.86. The normalized spacial score (nSPS) is 17.6. The molecule has 1 aromatic rings. The molecule has 0 aliphatic carbocycles. The third kappa shape index (κ3) is 4.90. The Kier molecular flexibility index (Phi) is 6.12. The third-order valence-corrected chi connectivity index (χ3v) is 4.00. The van der Waals surface area contributed by atoms with Crippen molar-refractivity contribution in [2.75, 3.05) is 19.6 Å². The lowest BCUT2D eigenvalue weighted by Crippen LogP contribution is -2.38. The summed E-state index contributed by atoms with van der Waals surface area (Å²) in [6.07, 6.45) is 0.251. The first kappa shape index (κ1) is 17.1. The molecule has 0 amide bonds. The Morgan fingerprint density at radius 3 is 2.45 bits per heavy atom. The topological polar surface area (TPSA) is 12.5 Å². The number of halogens is 3. The highest BCUT2D eigenvalue weighted by atomic mass is 19.4. The molecule has 0 aromatic heterocycles. The van der Waals surface area contributed by atoms with Crippen LogP contribution in [0.1, 0.15) is 37.7 Å². The van der Waals surface area contributed by atoms with E-state index in [2.05, 4.69) is 11.8 Å². The number of para-hydroxylation sites is 1. The van der Waals surface area contributed by atoms with Crippen molar-refractivity contribution in [3.05, 3.63) is 36.8 Å². The number of benzene rings is 1. The van der Waals surface area contributed by atoms with Crippen LogP contribution in [-0.4, -0.2) is 30.6 Å². The number of unbranched alkanes of at least 4 members (excludes halogenated alkanes) is 2. The molecule has 0 spiro atoms. The zero-order valence-electron chi connectivity index (χ0n) is 12.7. The average molecular weight is 314 g/mol. The Morgan fingerprint density at radius 2 is 1.82 bits per heavy atom. The maximum Gasteiger partial charge on any atom is 0.419 e. The molecule has 123 valence electrons. The minimum atomic E-state index is -4.37. The van der Waals surface area contributed by atoms with Crippen LogP contribution in [0, 0.1) is 6.92 Å². The molecule has 1 fully saturated rings. The van der Waals surface area contributed by atoms with Crippen LogP contribution in [0.4, 0.5) is 13.2 Å². The van der Waals surface area contributed by atoms with Gasteiger partial charge in [-0.05, 0) is 37.9 Å². The second-order valence-electron chi connectivity index (χ2n) is 5.71. The summed E-state index contributed by atoms with van der Waals surface area (Å²) in [4.78, 5) is 2.35. The molecule has 1 saturated heterocycles. The van der Waals surface area contributed by atoms with E-state index in [-0.39, 0.29) is 11.9 Å². The maximum absolute atomic E-state index is 12.9. The molecule has 5 heteroatoms. The predicted octanol–water partition coefficient (Wildman–Crippen LogP) is 4.55. The summed E-state index contributed by atoms with van der Waals surface area (Å²) in [6, 6.07) is 5.45. The van der Waals surface area contributed by atoms with Gasteiger partial charge in [-0.3, -0.25) is 0 Å². The van der Waals surface area contributed by atoms with Gasteiger partial charge in [-0.15, -0.1) is 0 Å². The highest BCUT2D eigenvalue weighted by Crippen LogP contribution is 2.36.